The lowest BCUT2D eigenvalue weighted by atomic mass is 10.1. The van der Waals surface area contributed by atoms with Gasteiger partial charge in [-0.2, -0.15) is 0 Å². The van der Waals surface area contributed by atoms with E-state index in [0.717, 1.165) is 16.6 Å². The zero-order valence-electron chi connectivity index (χ0n) is 16.7. The molecule has 1 aliphatic heterocycles. The van der Waals surface area contributed by atoms with E-state index in [1.165, 1.54) is 6.07 Å². The average Bonchev–Trinajstić information content (AvgIpc) is 2.78. The molecule has 0 N–H and O–H groups in total. The fourth-order valence-corrected chi connectivity index (χ4v) is 3.67. The number of nitrogens with zero attached hydrogens (tertiary/aromatic N) is 5. The van der Waals surface area contributed by atoms with Gasteiger partial charge in [0.05, 0.1) is 5.69 Å². The van der Waals surface area contributed by atoms with Crippen molar-refractivity contribution in [2.45, 2.75) is 6.92 Å². The Bertz CT molecular complexity index is 1030. The third-order valence-corrected chi connectivity index (χ3v) is 5.46. The van der Waals surface area contributed by atoms with Crippen LogP contribution >= 0.6 is 0 Å². The summed E-state index contributed by atoms with van der Waals surface area (Å²) < 4.78 is 14.1. The lowest BCUT2D eigenvalue weighted by molar-refractivity contribution is 0.0797. The molecule has 1 aliphatic rings. The first-order chi connectivity index (χ1) is 14.1. The van der Waals surface area contributed by atoms with Gasteiger partial charge in [0.1, 0.15) is 5.82 Å². The maximum Gasteiger partial charge on any atom is 0.274 e. The standard InChI is InChI=1S/C22H24FN5O/c1-3-26(2)22(29)20-16-8-4-5-9-17(16)21(25-24-20)28-14-12-27(13-15-28)19-11-7-6-10-18(19)23/h4-11H,3,12-15H2,1-2H3. The third kappa shape index (κ3) is 3.60. The monoisotopic (exact) mass is 393 g/mol. The maximum atomic E-state index is 14.1. The normalized spacial score (nSPS) is 14.3. The molecule has 0 bridgehead atoms. The Morgan fingerprint density at radius 3 is 2.28 bits per heavy atom. The number of halogens is 1. The minimum absolute atomic E-state index is 0.132. The number of fused-ring (bicyclic) bond motifs is 1. The Kier molecular flexibility index (Phi) is 5.29. The van der Waals surface area contributed by atoms with Crippen molar-refractivity contribution < 1.29 is 9.18 Å². The molecule has 6 nitrogen and oxygen atoms in total. The fraction of sp³-hybridized carbons (Fsp3) is 0.318. The van der Waals surface area contributed by atoms with Crippen LogP contribution < -0.4 is 9.80 Å². The summed E-state index contributed by atoms with van der Waals surface area (Å²) in [5.41, 5.74) is 1.00. The molecule has 1 fully saturated rings. The summed E-state index contributed by atoms with van der Waals surface area (Å²) in [6.07, 6.45) is 0. The molecule has 0 aliphatic carbocycles. The van der Waals surface area contributed by atoms with Gasteiger partial charge in [0, 0.05) is 50.5 Å². The van der Waals surface area contributed by atoms with Crippen LogP contribution in [0.2, 0.25) is 0 Å². The molecule has 1 aromatic heterocycles. The Hall–Kier alpha value is -3.22. The lowest BCUT2D eigenvalue weighted by Crippen LogP contribution is -2.47. The molecule has 3 aromatic rings. The van der Waals surface area contributed by atoms with Crippen LogP contribution in [0.15, 0.2) is 48.5 Å². The number of rotatable bonds is 4. The molecule has 2 aromatic carbocycles. The number of para-hydroxylation sites is 1. The van der Waals surface area contributed by atoms with Gasteiger partial charge in [0.15, 0.2) is 11.5 Å². The summed E-state index contributed by atoms with van der Waals surface area (Å²) >= 11 is 0. The summed E-state index contributed by atoms with van der Waals surface area (Å²) in [5.74, 6) is 0.436. The number of aromatic nitrogens is 2. The van der Waals surface area contributed by atoms with Crippen molar-refractivity contribution >= 4 is 28.2 Å². The Labute approximate surface area is 169 Å². The molecule has 0 saturated carbocycles. The van der Waals surface area contributed by atoms with Crippen molar-refractivity contribution in [1.82, 2.24) is 15.1 Å². The molecule has 150 valence electrons. The molecule has 29 heavy (non-hydrogen) atoms. The summed E-state index contributed by atoms with van der Waals surface area (Å²) in [7, 11) is 1.76. The Morgan fingerprint density at radius 2 is 1.59 bits per heavy atom. The van der Waals surface area contributed by atoms with Gasteiger partial charge in [0.25, 0.3) is 5.91 Å². The second-order valence-corrected chi connectivity index (χ2v) is 7.16. The highest BCUT2D eigenvalue weighted by molar-refractivity contribution is 6.07. The van der Waals surface area contributed by atoms with E-state index in [1.807, 2.05) is 43.3 Å². The van der Waals surface area contributed by atoms with Crippen LogP contribution in [0.1, 0.15) is 17.4 Å². The summed E-state index contributed by atoms with van der Waals surface area (Å²) in [5, 5.41) is 10.4. The molecule has 0 spiro atoms. The van der Waals surface area contributed by atoms with Gasteiger partial charge in [-0.15, -0.1) is 10.2 Å². The molecule has 0 radical (unpaired) electrons. The molecular weight excluding hydrogens is 369 g/mol. The predicted octanol–water partition coefficient (Wildman–Crippen LogP) is 3.19. The van der Waals surface area contributed by atoms with E-state index in [2.05, 4.69) is 20.0 Å². The lowest BCUT2D eigenvalue weighted by Gasteiger charge is -2.37. The maximum absolute atomic E-state index is 14.1. The highest BCUT2D eigenvalue weighted by Crippen LogP contribution is 2.28. The van der Waals surface area contributed by atoms with Crippen molar-refractivity contribution in [3.8, 4) is 0 Å². The molecule has 4 rings (SSSR count). The van der Waals surface area contributed by atoms with E-state index in [0.29, 0.717) is 44.1 Å². The number of carbonyl (C=O) groups excluding carboxylic acids is 1. The first kappa shape index (κ1) is 19.1. The predicted molar refractivity (Wildman–Crippen MR) is 113 cm³/mol. The first-order valence-corrected chi connectivity index (χ1v) is 9.85. The SMILES string of the molecule is CCN(C)C(=O)c1nnc(N2CCN(c3ccccc3F)CC2)c2ccccc12. The van der Waals surface area contributed by atoms with Crippen molar-refractivity contribution in [3.05, 3.63) is 60.0 Å². The molecule has 2 heterocycles. The van der Waals surface area contributed by atoms with Crippen LogP contribution in [0.4, 0.5) is 15.9 Å². The van der Waals surface area contributed by atoms with E-state index in [4.69, 9.17) is 0 Å². The van der Waals surface area contributed by atoms with E-state index in [1.54, 1.807) is 18.0 Å². The number of amides is 1. The quantitative estimate of drug-likeness (QED) is 0.681. The van der Waals surface area contributed by atoms with Gasteiger partial charge in [-0.1, -0.05) is 36.4 Å². The van der Waals surface area contributed by atoms with Crippen LogP contribution in [0.25, 0.3) is 10.8 Å². The van der Waals surface area contributed by atoms with Gasteiger partial charge in [-0.25, -0.2) is 4.39 Å². The Balaban J connectivity index is 1.61. The zero-order chi connectivity index (χ0) is 20.4. The zero-order valence-corrected chi connectivity index (χ0v) is 16.7. The summed E-state index contributed by atoms with van der Waals surface area (Å²) in [4.78, 5) is 18.5. The van der Waals surface area contributed by atoms with Crippen molar-refractivity contribution in [1.29, 1.82) is 0 Å². The topological polar surface area (TPSA) is 52.6 Å². The highest BCUT2D eigenvalue weighted by Gasteiger charge is 2.24. The summed E-state index contributed by atoms with van der Waals surface area (Å²) in [6.45, 7) is 5.32. The number of hydrogen-bond acceptors (Lipinski definition) is 5. The van der Waals surface area contributed by atoms with Crippen molar-refractivity contribution in [2.24, 2.45) is 0 Å². The van der Waals surface area contributed by atoms with Crippen LogP contribution in [0.3, 0.4) is 0 Å². The molecule has 0 unspecified atom stereocenters. The number of anilines is 2. The molecule has 1 amide bonds. The van der Waals surface area contributed by atoms with Crippen LogP contribution in [-0.2, 0) is 0 Å². The van der Waals surface area contributed by atoms with Gasteiger partial charge < -0.3 is 14.7 Å². The number of carbonyl (C=O) groups is 1. The highest BCUT2D eigenvalue weighted by atomic mass is 19.1. The van der Waals surface area contributed by atoms with Crippen molar-refractivity contribution in [2.75, 3.05) is 49.6 Å². The number of hydrogen-bond donors (Lipinski definition) is 0. The smallest absolute Gasteiger partial charge is 0.274 e. The van der Waals surface area contributed by atoms with E-state index < -0.39 is 0 Å². The van der Waals surface area contributed by atoms with Gasteiger partial charge in [-0.3, -0.25) is 4.79 Å². The second kappa shape index (κ2) is 8.03. The molecule has 0 atom stereocenters. The van der Waals surface area contributed by atoms with Crippen LogP contribution in [0, 0.1) is 5.82 Å². The first-order valence-electron chi connectivity index (χ1n) is 9.85. The fourth-order valence-electron chi connectivity index (χ4n) is 3.67. The average molecular weight is 393 g/mol. The van der Waals surface area contributed by atoms with Gasteiger partial charge in [-0.05, 0) is 19.1 Å². The minimum atomic E-state index is -0.200. The number of benzene rings is 2. The van der Waals surface area contributed by atoms with E-state index >= 15 is 0 Å². The van der Waals surface area contributed by atoms with Gasteiger partial charge >= 0.3 is 0 Å². The van der Waals surface area contributed by atoms with Crippen LogP contribution in [0.5, 0.6) is 0 Å². The molecule has 7 heteroatoms. The molecule has 1 saturated heterocycles. The summed E-state index contributed by atoms with van der Waals surface area (Å²) in [6, 6.07) is 14.6. The molecular formula is C22H24FN5O. The number of piperazine rings is 1. The van der Waals surface area contributed by atoms with Crippen molar-refractivity contribution in [3.63, 3.8) is 0 Å². The third-order valence-electron chi connectivity index (χ3n) is 5.46. The largest absolute Gasteiger partial charge is 0.366 e. The second-order valence-electron chi connectivity index (χ2n) is 7.16. The van der Waals surface area contributed by atoms with E-state index in [-0.39, 0.29) is 11.7 Å². The van der Waals surface area contributed by atoms with E-state index in [9.17, 15) is 9.18 Å². The Morgan fingerprint density at radius 1 is 0.966 bits per heavy atom. The van der Waals surface area contributed by atoms with Gasteiger partial charge in [0.2, 0.25) is 0 Å². The minimum Gasteiger partial charge on any atom is -0.366 e. The van der Waals surface area contributed by atoms with Crippen LogP contribution in [-0.4, -0.2) is 60.8 Å².